The molecule has 0 saturated carbocycles. The lowest BCUT2D eigenvalue weighted by Crippen LogP contribution is -2.24. The highest BCUT2D eigenvalue weighted by Gasteiger charge is 2.02. The Balaban J connectivity index is 1.80. The van der Waals surface area contributed by atoms with Crippen molar-refractivity contribution in [2.24, 2.45) is 5.10 Å². The Hall–Kier alpha value is -2.69. The fraction of sp³-hybridized carbons (Fsp3) is 0.176. The summed E-state index contributed by atoms with van der Waals surface area (Å²) >= 11 is 0. The minimum absolute atomic E-state index is 0.122. The predicted molar refractivity (Wildman–Crippen MR) is 83.5 cm³/mol. The van der Waals surface area contributed by atoms with Crippen LogP contribution in [0, 0.1) is 19.7 Å². The first-order valence-electron chi connectivity index (χ1n) is 6.82. The van der Waals surface area contributed by atoms with E-state index >= 15 is 0 Å². The molecular formula is C17H17FN2O2. The van der Waals surface area contributed by atoms with Crippen molar-refractivity contribution in [1.82, 2.24) is 5.43 Å². The molecule has 0 unspecified atom stereocenters. The lowest BCUT2D eigenvalue weighted by atomic mass is 10.1. The number of benzene rings is 2. The average molecular weight is 300 g/mol. The number of ether oxygens (including phenoxy) is 1. The van der Waals surface area contributed by atoms with Crippen LogP contribution >= 0.6 is 0 Å². The Morgan fingerprint density at radius 1 is 1.18 bits per heavy atom. The molecule has 0 atom stereocenters. The molecule has 0 aliphatic rings. The van der Waals surface area contributed by atoms with Gasteiger partial charge in [0, 0.05) is 0 Å². The van der Waals surface area contributed by atoms with E-state index in [2.05, 4.69) is 10.5 Å². The number of rotatable bonds is 5. The van der Waals surface area contributed by atoms with Crippen LogP contribution in [0.5, 0.6) is 5.75 Å². The van der Waals surface area contributed by atoms with E-state index in [-0.39, 0.29) is 18.3 Å². The summed E-state index contributed by atoms with van der Waals surface area (Å²) in [6, 6.07) is 11.4. The second kappa shape index (κ2) is 7.36. The van der Waals surface area contributed by atoms with Crippen LogP contribution in [0.15, 0.2) is 47.6 Å². The van der Waals surface area contributed by atoms with Gasteiger partial charge in [-0.15, -0.1) is 0 Å². The van der Waals surface area contributed by atoms with E-state index < -0.39 is 0 Å². The smallest absolute Gasteiger partial charge is 0.277 e. The quantitative estimate of drug-likeness (QED) is 0.682. The molecule has 0 fully saturated rings. The van der Waals surface area contributed by atoms with Gasteiger partial charge in [-0.05, 0) is 54.8 Å². The van der Waals surface area contributed by atoms with Crippen LogP contribution in [0.1, 0.15) is 16.7 Å². The number of hydrogen-bond donors (Lipinski definition) is 1. The molecule has 0 aliphatic carbocycles. The third kappa shape index (κ3) is 4.70. The van der Waals surface area contributed by atoms with Gasteiger partial charge in [0.2, 0.25) is 0 Å². The van der Waals surface area contributed by atoms with E-state index in [1.54, 1.807) is 12.1 Å². The summed E-state index contributed by atoms with van der Waals surface area (Å²) in [5.74, 6) is -0.0414. The van der Waals surface area contributed by atoms with E-state index in [1.165, 1.54) is 23.9 Å². The van der Waals surface area contributed by atoms with Crippen molar-refractivity contribution in [3.63, 3.8) is 0 Å². The number of amides is 1. The van der Waals surface area contributed by atoms with Crippen LogP contribution in [-0.2, 0) is 4.79 Å². The highest BCUT2D eigenvalue weighted by molar-refractivity contribution is 5.82. The van der Waals surface area contributed by atoms with Crippen LogP contribution < -0.4 is 10.2 Å². The second-order valence-electron chi connectivity index (χ2n) is 4.88. The first-order valence-corrected chi connectivity index (χ1v) is 6.82. The summed E-state index contributed by atoms with van der Waals surface area (Å²) in [7, 11) is 0. The van der Waals surface area contributed by atoms with E-state index in [1.807, 2.05) is 32.0 Å². The lowest BCUT2D eigenvalue weighted by Gasteiger charge is -2.07. The maximum atomic E-state index is 12.7. The van der Waals surface area contributed by atoms with E-state index in [0.29, 0.717) is 11.3 Å². The average Bonchev–Trinajstić information content (AvgIpc) is 2.50. The van der Waals surface area contributed by atoms with Gasteiger partial charge in [-0.25, -0.2) is 9.82 Å². The zero-order valence-electron chi connectivity index (χ0n) is 12.5. The fourth-order valence-electron chi connectivity index (χ4n) is 1.71. The largest absolute Gasteiger partial charge is 0.484 e. The number of carbonyl (C=O) groups is 1. The molecule has 1 N–H and O–H groups in total. The molecule has 22 heavy (non-hydrogen) atoms. The van der Waals surface area contributed by atoms with Gasteiger partial charge in [0.1, 0.15) is 11.6 Å². The van der Waals surface area contributed by atoms with Crippen LogP contribution in [0.2, 0.25) is 0 Å². The van der Waals surface area contributed by atoms with Gasteiger partial charge in [-0.1, -0.05) is 18.2 Å². The lowest BCUT2D eigenvalue weighted by molar-refractivity contribution is -0.123. The SMILES string of the molecule is Cc1ccc(OCC(=O)NN=Cc2ccc(F)cc2)cc1C. The summed E-state index contributed by atoms with van der Waals surface area (Å²) in [6.07, 6.45) is 1.44. The number of hydrogen-bond acceptors (Lipinski definition) is 3. The molecule has 0 saturated heterocycles. The number of carbonyl (C=O) groups excluding carboxylic acids is 1. The van der Waals surface area contributed by atoms with Crippen molar-refractivity contribution in [2.45, 2.75) is 13.8 Å². The Morgan fingerprint density at radius 2 is 1.91 bits per heavy atom. The number of hydrazone groups is 1. The van der Waals surface area contributed by atoms with Crippen molar-refractivity contribution in [2.75, 3.05) is 6.61 Å². The van der Waals surface area contributed by atoms with Gasteiger partial charge in [0.05, 0.1) is 6.21 Å². The standard InChI is InChI=1S/C17H17FN2O2/c1-12-3-8-16(9-13(12)2)22-11-17(21)20-19-10-14-4-6-15(18)7-5-14/h3-10H,11H2,1-2H3,(H,20,21). The highest BCUT2D eigenvalue weighted by atomic mass is 19.1. The first-order chi connectivity index (χ1) is 10.5. The molecule has 114 valence electrons. The zero-order chi connectivity index (χ0) is 15.9. The zero-order valence-corrected chi connectivity index (χ0v) is 12.5. The minimum atomic E-state index is -0.364. The number of halogens is 1. The third-order valence-corrected chi connectivity index (χ3v) is 3.12. The first kappa shape index (κ1) is 15.7. The summed E-state index contributed by atoms with van der Waals surface area (Å²) < 4.78 is 18.1. The molecule has 0 radical (unpaired) electrons. The predicted octanol–water partition coefficient (Wildman–Crippen LogP) is 2.97. The summed E-state index contributed by atoms with van der Waals surface area (Å²) in [6.45, 7) is 3.87. The number of nitrogens with one attached hydrogen (secondary N) is 1. The molecule has 4 nitrogen and oxygen atoms in total. The normalized spacial score (nSPS) is 10.7. The van der Waals surface area contributed by atoms with E-state index in [4.69, 9.17) is 4.74 Å². The molecule has 2 aromatic rings. The molecule has 0 aliphatic heterocycles. The Labute approximate surface area is 128 Å². The molecule has 1 amide bonds. The van der Waals surface area contributed by atoms with Crippen LogP contribution in [0.3, 0.4) is 0 Å². The monoisotopic (exact) mass is 300 g/mol. The van der Waals surface area contributed by atoms with Crippen molar-refractivity contribution in [3.05, 3.63) is 65.0 Å². The van der Waals surface area contributed by atoms with Crippen molar-refractivity contribution in [1.29, 1.82) is 0 Å². The van der Waals surface area contributed by atoms with Gasteiger partial charge < -0.3 is 4.74 Å². The van der Waals surface area contributed by atoms with E-state index in [0.717, 1.165) is 5.56 Å². The highest BCUT2D eigenvalue weighted by Crippen LogP contribution is 2.16. The maximum absolute atomic E-state index is 12.7. The molecule has 2 rings (SSSR count). The van der Waals surface area contributed by atoms with Crippen LogP contribution in [-0.4, -0.2) is 18.7 Å². The van der Waals surface area contributed by atoms with Gasteiger partial charge in [-0.2, -0.15) is 5.10 Å². The molecule has 2 aromatic carbocycles. The van der Waals surface area contributed by atoms with Crippen molar-refractivity contribution >= 4 is 12.1 Å². The van der Waals surface area contributed by atoms with E-state index in [9.17, 15) is 9.18 Å². The molecule has 0 bridgehead atoms. The molecule has 5 heteroatoms. The second-order valence-corrected chi connectivity index (χ2v) is 4.88. The topological polar surface area (TPSA) is 50.7 Å². The molecule has 0 spiro atoms. The Kier molecular flexibility index (Phi) is 5.25. The third-order valence-electron chi connectivity index (χ3n) is 3.12. The number of nitrogens with zero attached hydrogens (tertiary/aromatic N) is 1. The van der Waals surface area contributed by atoms with Gasteiger partial charge in [-0.3, -0.25) is 4.79 Å². The number of aryl methyl sites for hydroxylation is 2. The van der Waals surface area contributed by atoms with Crippen molar-refractivity contribution < 1.29 is 13.9 Å². The van der Waals surface area contributed by atoms with Crippen LogP contribution in [0.25, 0.3) is 0 Å². The molecule has 0 aromatic heterocycles. The van der Waals surface area contributed by atoms with Crippen molar-refractivity contribution in [3.8, 4) is 5.75 Å². The molecule has 0 heterocycles. The Morgan fingerprint density at radius 3 is 2.59 bits per heavy atom. The van der Waals surface area contributed by atoms with Gasteiger partial charge in [0.25, 0.3) is 5.91 Å². The fourth-order valence-corrected chi connectivity index (χ4v) is 1.71. The minimum Gasteiger partial charge on any atom is -0.484 e. The van der Waals surface area contributed by atoms with Gasteiger partial charge >= 0.3 is 0 Å². The summed E-state index contributed by atoms with van der Waals surface area (Å²) in [5.41, 5.74) is 5.32. The summed E-state index contributed by atoms with van der Waals surface area (Å²) in [4.78, 5) is 11.6. The Bertz CT molecular complexity index is 682. The van der Waals surface area contributed by atoms with Crippen LogP contribution in [0.4, 0.5) is 4.39 Å². The summed E-state index contributed by atoms with van der Waals surface area (Å²) in [5, 5.41) is 3.79. The van der Waals surface area contributed by atoms with Gasteiger partial charge in [0.15, 0.2) is 6.61 Å². The molecular weight excluding hydrogens is 283 g/mol. The maximum Gasteiger partial charge on any atom is 0.277 e.